The van der Waals surface area contributed by atoms with Gasteiger partial charge in [0.25, 0.3) is 0 Å². The second-order valence-electron chi connectivity index (χ2n) is 2.39. The van der Waals surface area contributed by atoms with E-state index < -0.39 is 0 Å². The lowest BCUT2D eigenvalue weighted by molar-refractivity contribution is 0.324. The molecule has 1 heterocycles. The number of nitrogens with zero attached hydrogens (tertiary/aromatic N) is 2. The van der Waals surface area contributed by atoms with Crippen molar-refractivity contribution in [3.05, 3.63) is 12.3 Å². The van der Waals surface area contributed by atoms with Gasteiger partial charge >= 0.3 is 0 Å². The molecule has 0 atom stereocenters. The van der Waals surface area contributed by atoms with Gasteiger partial charge in [0, 0.05) is 12.6 Å². The van der Waals surface area contributed by atoms with Crippen LogP contribution in [0.4, 0.5) is 0 Å². The van der Waals surface area contributed by atoms with Crippen molar-refractivity contribution in [2.45, 2.75) is 19.9 Å². The molecule has 12 heavy (non-hydrogen) atoms. The molecule has 3 heteroatoms. The Kier molecular flexibility index (Phi) is 3.21. The van der Waals surface area contributed by atoms with Crippen molar-refractivity contribution in [3.63, 3.8) is 0 Å². The second kappa shape index (κ2) is 4.45. The lowest BCUT2D eigenvalue weighted by Gasteiger charge is -2.04. The zero-order valence-corrected chi connectivity index (χ0v) is 7.16. The van der Waals surface area contributed by atoms with Gasteiger partial charge in [0.2, 0.25) is 5.88 Å². The van der Waals surface area contributed by atoms with Crippen molar-refractivity contribution in [3.8, 4) is 18.2 Å². The fourth-order valence-corrected chi connectivity index (χ4v) is 0.938. The topological polar surface area (TPSA) is 27.1 Å². The number of rotatable bonds is 4. The minimum Gasteiger partial charge on any atom is -0.465 e. The van der Waals surface area contributed by atoms with Crippen LogP contribution in [0.25, 0.3) is 0 Å². The number of ether oxygens (including phenoxy) is 1. The Morgan fingerprint density at radius 1 is 1.75 bits per heavy atom. The summed E-state index contributed by atoms with van der Waals surface area (Å²) in [6, 6.07) is 1.81. The first-order chi connectivity index (χ1) is 5.88. The molecular weight excluding hydrogens is 152 g/mol. The van der Waals surface area contributed by atoms with Crippen LogP contribution in [0, 0.1) is 12.3 Å². The summed E-state index contributed by atoms with van der Waals surface area (Å²) in [6.45, 7) is 3.26. The molecule has 0 fully saturated rings. The monoisotopic (exact) mass is 164 g/mol. The molecule has 0 radical (unpaired) electrons. The van der Waals surface area contributed by atoms with E-state index in [-0.39, 0.29) is 0 Å². The Morgan fingerprint density at radius 3 is 3.25 bits per heavy atom. The molecular formula is C9H12N2O. The molecule has 0 aromatic carbocycles. The molecule has 0 aliphatic heterocycles. The SMILES string of the molecule is C#CCOc1ccnn1CCC. The van der Waals surface area contributed by atoms with Gasteiger partial charge in [-0.15, -0.1) is 6.42 Å². The van der Waals surface area contributed by atoms with Crippen LogP contribution in [0.1, 0.15) is 13.3 Å². The van der Waals surface area contributed by atoms with E-state index in [0.29, 0.717) is 6.61 Å². The van der Waals surface area contributed by atoms with Crippen LogP contribution in [-0.4, -0.2) is 16.4 Å². The minimum absolute atomic E-state index is 0.301. The summed E-state index contributed by atoms with van der Waals surface area (Å²) in [5.74, 6) is 3.16. The Bertz CT molecular complexity index is 272. The summed E-state index contributed by atoms with van der Waals surface area (Å²) < 4.78 is 7.05. The minimum atomic E-state index is 0.301. The highest BCUT2D eigenvalue weighted by Gasteiger charge is 1.99. The van der Waals surface area contributed by atoms with E-state index in [2.05, 4.69) is 17.9 Å². The number of terminal acetylenes is 1. The van der Waals surface area contributed by atoms with Crippen molar-refractivity contribution in [1.29, 1.82) is 0 Å². The van der Waals surface area contributed by atoms with E-state index in [1.54, 1.807) is 10.9 Å². The summed E-state index contributed by atoms with van der Waals surface area (Å²) in [5.41, 5.74) is 0. The van der Waals surface area contributed by atoms with Crippen LogP contribution in [0.2, 0.25) is 0 Å². The van der Waals surface area contributed by atoms with Crippen LogP contribution in [0.5, 0.6) is 5.88 Å². The highest BCUT2D eigenvalue weighted by molar-refractivity contribution is 5.08. The summed E-state index contributed by atoms with van der Waals surface area (Å²) in [5, 5.41) is 4.08. The average molecular weight is 164 g/mol. The van der Waals surface area contributed by atoms with Crippen molar-refractivity contribution >= 4 is 0 Å². The van der Waals surface area contributed by atoms with Crippen LogP contribution in [0.3, 0.4) is 0 Å². The number of aryl methyl sites for hydroxylation is 1. The summed E-state index contributed by atoms with van der Waals surface area (Å²) in [6.07, 6.45) is 7.81. The normalized spacial score (nSPS) is 9.33. The zero-order chi connectivity index (χ0) is 8.81. The highest BCUT2D eigenvalue weighted by atomic mass is 16.5. The zero-order valence-electron chi connectivity index (χ0n) is 7.16. The van der Waals surface area contributed by atoms with Gasteiger partial charge in [0.15, 0.2) is 6.61 Å². The van der Waals surface area contributed by atoms with Crippen LogP contribution in [0.15, 0.2) is 12.3 Å². The lowest BCUT2D eigenvalue weighted by atomic mass is 10.5. The second-order valence-corrected chi connectivity index (χ2v) is 2.39. The fraction of sp³-hybridized carbons (Fsp3) is 0.444. The lowest BCUT2D eigenvalue weighted by Crippen LogP contribution is -2.04. The van der Waals surface area contributed by atoms with E-state index in [1.807, 2.05) is 6.07 Å². The van der Waals surface area contributed by atoms with Crippen LogP contribution >= 0.6 is 0 Å². The van der Waals surface area contributed by atoms with Crippen LogP contribution < -0.4 is 4.74 Å². The third-order valence-electron chi connectivity index (χ3n) is 1.42. The summed E-state index contributed by atoms with van der Waals surface area (Å²) in [4.78, 5) is 0. The smallest absolute Gasteiger partial charge is 0.212 e. The Labute approximate surface area is 72.3 Å². The molecule has 0 amide bonds. The molecule has 1 aromatic rings. The van der Waals surface area contributed by atoms with E-state index in [9.17, 15) is 0 Å². The number of aromatic nitrogens is 2. The van der Waals surface area contributed by atoms with Gasteiger partial charge in [-0.25, -0.2) is 4.68 Å². The summed E-state index contributed by atoms with van der Waals surface area (Å²) >= 11 is 0. The Hall–Kier alpha value is -1.43. The van der Waals surface area contributed by atoms with Crippen molar-refractivity contribution in [2.75, 3.05) is 6.61 Å². The predicted octanol–water partition coefficient (Wildman–Crippen LogP) is 1.31. The largest absolute Gasteiger partial charge is 0.465 e. The highest BCUT2D eigenvalue weighted by Crippen LogP contribution is 2.09. The molecule has 0 aliphatic carbocycles. The Balaban J connectivity index is 2.58. The maximum Gasteiger partial charge on any atom is 0.212 e. The van der Waals surface area contributed by atoms with Gasteiger partial charge in [-0.2, -0.15) is 5.10 Å². The van der Waals surface area contributed by atoms with Crippen molar-refractivity contribution < 1.29 is 4.74 Å². The van der Waals surface area contributed by atoms with E-state index in [1.165, 1.54) is 0 Å². The third kappa shape index (κ3) is 2.03. The molecule has 3 nitrogen and oxygen atoms in total. The van der Waals surface area contributed by atoms with Crippen molar-refractivity contribution in [1.82, 2.24) is 9.78 Å². The standard InChI is InChI=1S/C9H12N2O/c1-3-7-11-9(5-6-10-11)12-8-4-2/h2,5-6H,3,7-8H2,1H3. The average Bonchev–Trinajstić information content (AvgIpc) is 2.50. The number of hydrogen-bond donors (Lipinski definition) is 0. The van der Waals surface area contributed by atoms with Gasteiger partial charge in [-0.3, -0.25) is 0 Å². The van der Waals surface area contributed by atoms with Crippen molar-refractivity contribution in [2.24, 2.45) is 0 Å². The third-order valence-corrected chi connectivity index (χ3v) is 1.42. The van der Waals surface area contributed by atoms with Crippen LogP contribution in [-0.2, 0) is 6.54 Å². The van der Waals surface area contributed by atoms with Gasteiger partial charge in [-0.1, -0.05) is 12.8 Å². The molecule has 0 bridgehead atoms. The maximum atomic E-state index is 5.24. The van der Waals surface area contributed by atoms with Gasteiger partial charge in [0.05, 0.1) is 6.20 Å². The molecule has 64 valence electrons. The first-order valence-electron chi connectivity index (χ1n) is 3.96. The Morgan fingerprint density at radius 2 is 2.58 bits per heavy atom. The molecule has 0 N–H and O–H groups in total. The van der Waals surface area contributed by atoms with Gasteiger partial charge in [-0.05, 0) is 6.42 Å². The van der Waals surface area contributed by atoms with Gasteiger partial charge in [0.1, 0.15) is 0 Å². The molecule has 0 saturated heterocycles. The van der Waals surface area contributed by atoms with E-state index in [4.69, 9.17) is 11.2 Å². The first-order valence-corrected chi connectivity index (χ1v) is 3.96. The van der Waals surface area contributed by atoms with E-state index in [0.717, 1.165) is 18.8 Å². The molecule has 1 rings (SSSR count). The van der Waals surface area contributed by atoms with E-state index >= 15 is 0 Å². The fourth-order valence-electron chi connectivity index (χ4n) is 0.938. The molecule has 0 saturated carbocycles. The molecule has 0 unspecified atom stereocenters. The quantitative estimate of drug-likeness (QED) is 0.627. The molecule has 0 aliphatic rings. The number of hydrogen-bond acceptors (Lipinski definition) is 2. The maximum absolute atomic E-state index is 5.24. The summed E-state index contributed by atoms with van der Waals surface area (Å²) in [7, 11) is 0. The predicted molar refractivity (Wildman–Crippen MR) is 46.8 cm³/mol. The first kappa shape index (κ1) is 8.66. The molecule has 1 aromatic heterocycles. The van der Waals surface area contributed by atoms with Gasteiger partial charge < -0.3 is 4.74 Å². The molecule has 0 spiro atoms.